The number of hydrogen-bond acceptors (Lipinski definition) is 4. The lowest BCUT2D eigenvalue weighted by atomic mass is 10.1. The molecule has 1 saturated heterocycles. The quantitative estimate of drug-likeness (QED) is 0.783. The van der Waals surface area contributed by atoms with Crippen LogP contribution in [0.25, 0.3) is 0 Å². The summed E-state index contributed by atoms with van der Waals surface area (Å²) in [6, 6.07) is 4.02. The number of nitrogens with zero attached hydrogens (tertiary/aromatic N) is 2. The number of hydrogen-bond donors (Lipinski definition) is 1. The molecular formula is C15H23N3O2. The summed E-state index contributed by atoms with van der Waals surface area (Å²) in [6.07, 6.45) is 5.13. The number of aromatic nitrogens is 1. The molecule has 1 fully saturated rings. The Morgan fingerprint density at radius 3 is 2.80 bits per heavy atom. The van der Waals surface area contributed by atoms with Crippen LogP contribution in [-0.2, 0) is 16.0 Å². The fourth-order valence-electron chi connectivity index (χ4n) is 2.30. The zero-order valence-electron chi connectivity index (χ0n) is 12.0. The molecule has 5 nitrogen and oxygen atoms in total. The largest absolute Gasteiger partial charge is 0.369 e. The van der Waals surface area contributed by atoms with Crippen molar-refractivity contribution in [3.8, 4) is 0 Å². The predicted molar refractivity (Wildman–Crippen MR) is 77.4 cm³/mol. The Labute approximate surface area is 120 Å². The second-order valence-corrected chi connectivity index (χ2v) is 5.05. The van der Waals surface area contributed by atoms with Gasteiger partial charge in [-0.2, -0.15) is 0 Å². The topological polar surface area (TPSA) is 54.5 Å². The van der Waals surface area contributed by atoms with E-state index in [2.05, 4.69) is 10.3 Å². The summed E-state index contributed by atoms with van der Waals surface area (Å²) in [5, 5.41) is 3.24. The first-order chi connectivity index (χ1) is 9.77. The summed E-state index contributed by atoms with van der Waals surface area (Å²) in [5.41, 5.74) is 1.25. The van der Waals surface area contributed by atoms with Crippen molar-refractivity contribution in [1.29, 1.82) is 0 Å². The fraction of sp³-hybridized carbons (Fsp3) is 0.600. The molecule has 0 spiro atoms. The molecule has 0 saturated carbocycles. The third kappa shape index (κ3) is 4.58. The van der Waals surface area contributed by atoms with Crippen LogP contribution in [0.1, 0.15) is 18.9 Å². The van der Waals surface area contributed by atoms with Gasteiger partial charge in [0.25, 0.3) is 5.91 Å². The van der Waals surface area contributed by atoms with Crippen LogP contribution in [0, 0.1) is 0 Å². The standard InChI is InChI=1S/C15H23N3O2/c1-13(15(19)18-10-8-17-9-11-18)20-12-2-3-14-4-6-16-7-5-14/h4-7,13,17H,2-3,8-12H2,1H3. The van der Waals surface area contributed by atoms with Crippen molar-refractivity contribution in [3.05, 3.63) is 30.1 Å². The van der Waals surface area contributed by atoms with Gasteiger partial charge in [0.2, 0.25) is 0 Å². The minimum Gasteiger partial charge on any atom is -0.369 e. The third-order valence-corrected chi connectivity index (χ3v) is 3.50. The second kappa shape index (κ2) is 7.97. The molecule has 20 heavy (non-hydrogen) atoms. The van der Waals surface area contributed by atoms with Crippen LogP contribution in [0.5, 0.6) is 0 Å². The molecule has 1 unspecified atom stereocenters. The highest BCUT2D eigenvalue weighted by atomic mass is 16.5. The Bertz CT molecular complexity index is 405. The molecule has 2 heterocycles. The number of rotatable bonds is 6. The Kier molecular flexibility index (Phi) is 5.95. The Hall–Kier alpha value is -1.46. The molecule has 1 N–H and O–H groups in total. The summed E-state index contributed by atoms with van der Waals surface area (Å²) < 4.78 is 5.65. The molecule has 1 aromatic rings. The molecule has 2 rings (SSSR count). The summed E-state index contributed by atoms with van der Waals surface area (Å²) >= 11 is 0. The van der Waals surface area contributed by atoms with E-state index in [1.165, 1.54) is 5.56 Å². The molecule has 0 bridgehead atoms. The normalized spacial score (nSPS) is 16.9. The average molecular weight is 277 g/mol. The number of amides is 1. The van der Waals surface area contributed by atoms with E-state index in [-0.39, 0.29) is 12.0 Å². The van der Waals surface area contributed by atoms with Crippen LogP contribution in [0.2, 0.25) is 0 Å². The van der Waals surface area contributed by atoms with Gasteiger partial charge in [-0.15, -0.1) is 0 Å². The monoisotopic (exact) mass is 277 g/mol. The summed E-state index contributed by atoms with van der Waals surface area (Å²) in [6.45, 7) is 5.77. The van der Waals surface area contributed by atoms with Gasteiger partial charge in [-0.25, -0.2) is 0 Å². The lowest BCUT2D eigenvalue weighted by Crippen LogP contribution is -2.49. The second-order valence-electron chi connectivity index (χ2n) is 5.05. The summed E-state index contributed by atoms with van der Waals surface area (Å²) in [5.74, 6) is 0.107. The summed E-state index contributed by atoms with van der Waals surface area (Å²) in [4.78, 5) is 18.0. The van der Waals surface area contributed by atoms with Crippen molar-refractivity contribution in [3.63, 3.8) is 0 Å². The van der Waals surface area contributed by atoms with E-state index in [1.54, 1.807) is 12.4 Å². The van der Waals surface area contributed by atoms with Crippen molar-refractivity contribution in [2.45, 2.75) is 25.9 Å². The summed E-state index contributed by atoms with van der Waals surface area (Å²) in [7, 11) is 0. The SMILES string of the molecule is CC(OCCCc1ccncc1)C(=O)N1CCNCC1. The lowest BCUT2D eigenvalue weighted by Gasteiger charge is -2.29. The number of aryl methyl sites for hydroxylation is 1. The van der Waals surface area contributed by atoms with E-state index in [0.29, 0.717) is 6.61 Å². The number of piperazine rings is 1. The molecule has 1 atom stereocenters. The van der Waals surface area contributed by atoms with Gasteiger partial charge < -0.3 is 15.0 Å². The van der Waals surface area contributed by atoms with Crippen LogP contribution in [0.4, 0.5) is 0 Å². The minimum absolute atomic E-state index is 0.107. The Morgan fingerprint density at radius 2 is 2.10 bits per heavy atom. The molecule has 1 amide bonds. The molecule has 1 aliphatic rings. The van der Waals surface area contributed by atoms with Crippen molar-refractivity contribution in [2.75, 3.05) is 32.8 Å². The van der Waals surface area contributed by atoms with Gasteiger partial charge in [0.1, 0.15) is 6.10 Å². The van der Waals surface area contributed by atoms with Crippen LogP contribution in [0.3, 0.4) is 0 Å². The zero-order valence-corrected chi connectivity index (χ0v) is 12.0. The molecular weight excluding hydrogens is 254 g/mol. The van der Waals surface area contributed by atoms with Gasteiger partial charge >= 0.3 is 0 Å². The van der Waals surface area contributed by atoms with Gasteiger partial charge in [0.15, 0.2) is 0 Å². The lowest BCUT2D eigenvalue weighted by molar-refractivity contribution is -0.143. The van der Waals surface area contributed by atoms with Crippen LogP contribution >= 0.6 is 0 Å². The van der Waals surface area contributed by atoms with Crippen molar-refractivity contribution < 1.29 is 9.53 Å². The molecule has 0 aliphatic carbocycles. The van der Waals surface area contributed by atoms with Crippen LogP contribution in [-0.4, -0.2) is 54.7 Å². The number of nitrogens with one attached hydrogen (secondary N) is 1. The van der Waals surface area contributed by atoms with E-state index in [1.807, 2.05) is 24.0 Å². The highest BCUT2D eigenvalue weighted by Crippen LogP contribution is 2.05. The fourth-order valence-corrected chi connectivity index (χ4v) is 2.30. The van der Waals surface area contributed by atoms with E-state index in [0.717, 1.165) is 39.0 Å². The van der Waals surface area contributed by atoms with Gasteiger partial charge in [0, 0.05) is 45.2 Å². The minimum atomic E-state index is -0.342. The van der Waals surface area contributed by atoms with E-state index < -0.39 is 0 Å². The number of carbonyl (C=O) groups excluding carboxylic acids is 1. The molecule has 1 aliphatic heterocycles. The van der Waals surface area contributed by atoms with E-state index in [9.17, 15) is 4.79 Å². The van der Waals surface area contributed by atoms with Crippen molar-refractivity contribution >= 4 is 5.91 Å². The van der Waals surface area contributed by atoms with E-state index in [4.69, 9.17) is 4.74 Å². The first-order valence-corrected chi connectivity index (χ1v) is 7.27. The van der Waals surface area contributed by atoms with Gasteiger partial charge in [0.05, 0.1) is 0 Å². The predicted octanol–water partition coefficient (Wildman–Crippen LogP) is 0.851. The first kappa shape index (κ1) is 14.9. The van der Waals surface area contributed by atoms with Gasteiger partial charge in [-0.3, -0.25) is 9.78 Å². The number of carbonyl (C=O) groups is 1. The average Bonchev–Trinajstić information content (AvgIpc) is 2.52. The molecule has 5 heteroatoms. The van der Waals surface area contributed by atoms with Crippen LogP contribution in [0.15, 0.2) is 24.5 Å². The molecule has 0 radical (unpaired) electrons. The zero-order chi connectivity index (χ0) is 14.2. The van der Waals surface area contributed by atoms with Gasteiger partial charge in [-0.05, 0) is 37.5 Å². The Balaban J connectivity index is 1.64. The molecule has 1 aromatic heterocycles. The first-order valence-electron chi connectivity index (χ1n) is 7.27. The van der Waals surface area contributed by atoms with E-state index >= 15 is 0 Å². The maximum atomic E-state index is 12.1. The number of pyridine rings is 1. The molecule has 0 aromatic carbocycles. The third-order valence-electron chi connectivity index (χ3n) is 3.50. The number of ether oxygens (including phenoxy) is 1. The van der Waals surface area contributed by atoms with Gasteiger partial charge in [-0.1, -0.05) is 0 Å². The smallest absolute Gasteiger partial charge is 0.251 e. The Morgan fingerprint density at radius 1 is 1.40 bits per heavy atom. The highest BCUT2D eigenvalue weighted by Gasteiger charge is 2.22. The molecule has 110 valence electrons. The van der Waals surface area contributed by atoms with Crippen molar-refractivity contribution in [1.82, 2.24) is 15.2 Å². The maximum absolute atomic E-state index is 12.1. The van der Waals surface area contributed by atoms with Crippen molar-refractivity contribution in [2.24, 2.45) is 0 Å². The highest BCUT2D eigenvalue weighted by molar-refractivity contribution is 5.80. The maximum Gasteiger partial charge on any atom is 0.251 e. The van der Waals surface area contributed by atoms with Crippen LogP contribution < -0.4 is 5.32 Å².